The van der Waals surface area contributed by atoms with E-state index in [-0.39, 0.29) is 32.3 Å². The molecule has 0 radical (unpaired) electrons. The molecule has 1 amide bonds. The summed E-state index contributed by atoms with van der Waals surface area (Å²) in [6.07, 6.45) is -0.243. The van der Waals surface area contributed by atoms with E-state index in [1.54, 1.807) is 20.8 Å². The smallest absolute Gasteiger partial charge is 0.332 e. The van der Waals surface area contributed by atoms with E-state index in [1.807, 2.05) is 30.3 Å². The molecule has 9 nitrogen and oxygen atoms in total. The molecule has 0 saturated carbocycles. The van der Waals surface area contributed by atoms with Crippen LogP contribution in [0.5, 0.6) is 0 Å². The summed E-state index contributed by atoms with van der Waals surface area (Å²) in [5, 5.41) is 2.62. The maximum Gasteiger partial charge on any atom is 0.332 e. The largest absolute Gasteiger partial charge is 0.469 e. The van der Waals surface area contributed by atoms with Crippen LogP contribution in [0.15, 0.2) is 30.3 Å². The van der Waals surface area contributed by atoms with Gasteiger partial charge in [0.15, 0.2) is 6.10 Å². The van der Waals surface area contributed by atoms with E-state index in [1.165, 1.54) is 7.11 Å². The van der Waals surface area contributed by atoms with E-state index in [9.17, 15) is 18.9 Å². The van der Waals surface area contributed by atoms with Gasteiger partial charge in [0.25, 0.3) is 0 Å². The summed E-state index contributed by atoms with van der Waals surface area (Å²) in [6.45, 7) is 5.52. The average molecular weight is 483 g/mol. The van der Waals surface area contributed by atoms with Crippen LogP contribution in [-0.4, -0.2) is 57.0 Å². The van der Waals surface area contributed by atoms with Crippen molar-refractivity contribution >= 4 is 25.4 Å². The van der Waals surface area contributed by atoms with Crippen LogP contribution in [0.1, 0.15) is 39.2 Å². The van der Waals surface area contributed by atoms with Gasteiger partial charge in [0.1, 0.15) is 0 Å². The minimum Gasteiger partial charge on any atom is -0.469 e. The van der Waals surface area contributed by atoms with Crippen molar-refractivity contribution in [3.05, 3.63) is 35.9 Å². The summed E-state index contributed by atoms with van der Waals surface area (Å²) >= 11 is 0. The third-order valence-electron chi connectivity index (χ3n) is 5.39. The van der Waals surface area contributed by atoms with Crippen molar-refractivity contribution in [1.82, 2.24) is 5.32 Å². The molecule has 0 aromatic heterocycles. The molecule has 1 aliphatic rings. The maximum atomic E-state index is 13.5. The summed E-state index contributed by atoms with van der Waals surface area (Å²) < 4.78 is 34.6. The Kier molecular flexibility index (Phi) is 10.1. The minimum atomic E-state index is -3.77. The second-order valence-corrected chi connectivity index (χ2v) is 10.7. The Hall–Kier alpha value is -2.22. The van der Waals surface area contributed by atoms with Crippen LogP contribution < -0.4 is 5.32 Å². The molecule has 1 saturated heterocycles. The fourth-order valence-corrected chi connectivity index (χ4v) is 5.81. The van der Waals surface area contributed by atoms with E-state index in [0.717, 1.165) is 5.56 Å². The zero-order valence-corrected chi connectivity index (χ0v) is 20.6. The number of aryl methyl sites for hydroxylation is 1. The highest BCUT2D eigenvalue weighted by atomic mass is 31.2. The van der Waals surface area contributed by atoms with E-state index in [4.69, 9.17) is 13.8 Å². The number of ether oxygens (including phenoxy) is 2. The van der Waals surface area contributed by atoms with E-state index < -0.39 is 42.9 Å². The molecular weight excluding hydrogens is 449 g/mol. The highest BCUT2D eigenvalue weighted by Gasteiger charge is 2.49. The van der Waals surface area contributed by atoms with E-state index in [2.05, 4.69) is 10.1 Å². The Morgan fingerprint density at radius 1 is 1.24 bits per heavy atom. The molecule has 1 N–H and O–H groups in total. The first-order chi connectivity index (χ1) is 15.6. The SMILES string of the molecule is CCOC(=O)[C@H](CCc1ccccc1)CP1(=O)OCC(C)(C)[C@H](C(=O)NCCC(=O)OC)O1. The maximum absolute atomic E-state index is 13.5. The average Bonchev–Trinajstić information content (AvgIpc) is 2.79. The monoisotopic (exact) mass is 483 g/mol. The molecule has 3 atom stereocenters. The van der Waals surface area contributed by atoms with Crippen LogP contribution in [0.3, 0.4) is 0 Å². The first-order valence-corrected chi connectivity index (χ1v) is 12.8. The summed E-state index contributed by atoms with van der Waals surface area (Å²) in [7, 11) is -2.50. The fraction of sp³-hybridized carbons (Fsp3) is 0.609. The first kappa shape index (κ1) is 27.0. The first-order valence-electron chi connectivity index (χ1n) is 11.1. The predicted octanol–water partition coefficient (Wildman–Crippen LogP) is 3.11. The van der Waals surface area contributed by atoms with Gasteiger partial charge in [0.2, 0.25) is 5.91 Å². The zero-order valence-electron chi connectivity index (χ0n) is 19.7. The normalized spacial score (nSPS) is 22.7. The second kappa shape index (κ2) is 12.3. The quantitative estimate of drug-likeness (QED) is 0.377. The Labute approximate surface area is 195 Å². The molecule has 184 valence electrons. The van der Waals surface area contributed by atoms with Crippen LogP contribution in [-0.2, 0) is 43.9 Å². The number of hydrogen-bond acceptors (Lipinski definition) is 8. The molecule has 1 aromatic rings. The van der Waals surface area contributed by atoms with Gasteiger partial charge in [-0.1, -0.05) is 44.2 Å². The van der Waals surface area contributed by atoms with Gasteiger partial charge in [-0.05, 0) is 25.3 Å². The van der Waals surface area contributed by atoms with Gasteiger partial charge in [-0.15, -0.1) is 0 Å². The predicted molar refractivity (Wildman–Crippen MR) is 122 cm³/mol. The molecule has 1 fully saturated rings. The Bertz CT molecular complexity index is 857. The molecule has 0 spiro atoms. The molecule has 1 aromatic carbocycles. The fourth-order valence-electron chi connectivity index (χ4n) is 3.45. The van der Waals surface area contributed by atoms with Gasteiger partial charge in [-0.2, -0.15) is 0 Å². The Morgan fingerprint density at radius 2 is 1.94 bits per heavy atom. The lowest BCUT2D eigenvalue weighted by atomic mass is 9.87. The molecular formula is C23H34NO8P. The van der Waals surface area contributed by atoms with Gasteiger partial charge in [-0.25, -0.2) is 0 Å². The number of esters is 2. The highest BCUT2D eigenvalue weighted by molar-refractivity contribution is 7.54. The van der Waals surface area contributed by atoms with Crippen molar-refractivity contribution < 1.29 is 37.5 Å². The number of benzene rings is 1. The van der Waals surface area contributed by atoms with Crippen LogP contribution in [0, 0.1) is 11.3 Å². The summed E-state index contributed by atoms with van der Waals surface area (Å²) in [4.78, 5) is 36.6. The van der Waals surface area contributed by atoms with Crippen molar-refractivity contribution in [1.29, 1.82) is 0 Å². The number of carbonyl (C=O) groups excluding carboxylic acids is 3. The van der Waals surface area contributed by atoms with Crippen molar-refractivity contribution in [3.63, 3.8) is 0 Å². The lowest BCUT2D eigenvalue weighted by Gasteiger charge is -2.41. The van der Waals surface area contributed by atoms with Crippen molar-refractivity contribution in [2.75, 3.05) is 33.0 Å². The molecule has 33 heavy (non-hydrogen) atoms. The van der Waals surface area contributed by atoms with Gasteiger partial charge >= 0.3 is 19.5 Å². The van der Waals surface area contributed by atoms with Gasteiger partial charge < -0.3 is 19.3 Å². The number of methoxy groups -OCH3 is 1. The van der Waals surface area contributed by atoms with Gasteiger partial charge in [0, 0.05) is 12.0 Å². The third kappa shape index (κ3) is 8.25. The van der Waals surface area contributed by atoms with Gasteiger partial charge in [0.05, 0.1) is 38.8 Å². The van der Waals surface area contributed by atoms with Crippen molar-refractivity contribution in [2.45, 2.75) is 46.1 Å². The number of nitrogens with one attached hydrogen (secondary N) is 1. The molecule has 1 heterocycles. The topological polar surface area (TPSA) is 117 Å². The number of amides is 1. The zero-order chi connectivity index (χ0) is 24.5. The Morgan fingerprint density at radius 3 is 2.58 bits per heavy atom. The highest BCUT2D eigenvalue weighted by Crippen LogP contribution is 2.57. The Balaban J connectivity index is 2.09. The van der Waals surface area contributed by atoms with Crippen LogP contribution >= 0.6 is 7.60 Å². The lowest BCUT2D eigenvalue weighted by Crippen LogP contribution is -2.50. The summed E-state index contributed by atoms with van der Waals surface area (Å²) in [5.74, 6) is -2.13. The number of hydrogen-bond donors (Lipinski definition) is 1. The number of carbonyl (C=O) groups is 3. The third-order valence-corrected chi connectivity index (χ3v) is 7.33. The van der Waals surface area contributed by atoms with Crippen molar-refractivity contribution in [2.24, 2.45) is 11.3 Å². The van der Waals surface area contributed by atoms with Crippen LogP contribution in [0.2, 0.25) is 0 Å². The molecule has 0 aliphatic carbocycles. The summed E-state index contributed by atoms with van der Waals surface area (Å²) in [5.41, 5.74) is 0.284. The van der Waals surface area contributed by atoms with Crippen molar-refractivity contribution in [3.8, 4) is 0 Å². The minimum absolute atomic E-state index is 0.00790. The molecule has 2 rings (SSSR count). The van der Waals surface area contributed by atoms with Crippen LogP contribution in [0.4, 0.5) is 0 Å². The van der Waals surface area contributed by atoms with Gasteiger partial charge in [-0.3, -0.25) is 23.5 Å². The van der Waals surface area contributed by atoms with E-state index in [0.29, 0.717) is 12.8 Å². The second-order valence-electron chi connectivity index (χ2n) is 8.63. The molecule has 0 bridgehead atoms. The molecule has 1 unspecified atom stereocenters. The van der Waals surface area contributed by atoms with Crippen LogP contribution in [0.25, 0.3) is 0 Å². The summed E-state index contributed by atoms with van der Waals surface area (Å²) in [6, 6.07) is 9.64. The van der Waals surface area contributed by atoms with E-state index >= 15 is 0 Å². The standard InChI is InChI=1S/C23H34NO8P/c1-5-30-22(27)18(12-11-17-9-7-6-8-10-17)15-33(28)31-16-23(2,3)20(32-33)21(26)24-14-13-19(25)29-4/h6-10,18,20H,5,11-16H2,1-4H3,(H,24,26)/t18-,20+,33?/m1/s1. The number of rotatable bonds is 11. The lowest BCUT2D eigenvalue weighted by molar-refractivity contribution is -0.147. The molecule has 10 heteroatoms. The molecule has 1 aliphatic heterocycles.